The summed E-state index contributed by atoms with van der Waals surface area (Å²) in [5.41, 5.74) is 1.12. The quantitative estimate of drug-likeness (QED) is 0.738. The van der Waals surface area contributed by atoms with Crippen LogP contribution in [0.15, 0.2) is 36.5 Å². The highest BCUT2D eigenvalue weighted by Crippen LogP contribution is 2.31. The number of likely N-dealkylation sites (tertiary alicyclic amines) is 1. The normalized spacial score (nSPS) is 19.0. The topological polar surface area (TPSA) is 82.4 Å². The number of carbonyl (C=O) groups is 1. The number of hydrogen-bond donors (Lipinski definition) is 3. The van der Waals surface area contributed by atoms with E-state index < -0.39 is 0 Å². The minimum Gasteiger partial charge on any atom is -0.508 e. The molecule has 2 aliphatic rings. The van der Waals surface area contributed by atoms with Crippen LogP contribution in [0.5, 0.6) is 5.75 Å². The molecule has 1 aliphatic carbocycles. The summed E-state index contributed by atoms with van der Waals surface area (Å²) in [6.45, 7) is 2.69. The maximum absolute atomic E-state index is 12.5. The van der Waals surface area contributed by atoms with Crippen LogP contribution in [0.1, 0.15) is 50.1 Å². The van der Waals surface area contributed by atoms with Gasteiger partial charge in [-0.1, -0.05) is 25.0 Å². The van der Waals surface area contributed by atoms with Crippen molar-refractivity contribution >= 4 is 11.8 Å². The predicted molar refractivity (Wildman–Crippen MR) is 108 cm³/mol. The van der Waals surface area contributed by atoms with Gasteiger partial charge in [-0.05, 0) is 43.4 Å². The third-order valence-corrected chi connectivity index (χ3v) is 5.82. The Bertz CT molecular complexity index is 792. The standard InChI is InChI=1S/C21H29N5O2/c27-19-7-3-4-16(14-19)15-25-12-9-17(10-13-25)23-21(28)24-20-8-11-22-26(20)18-5-1-2-6-18/h3-4,7-8,11,14,17-18,27H,1-2,5-6,9-10,12-13,15H2,(H2,23,24,28). The number of nitrogens with one attached hydrogen (secondary N) is 2. The van der Waals surface area contributed by atoms with E-state index in [2.05, 4.69) is 20.6 Å². The van der Waals surface area contributed by atoms with E-state index in [0.717, 1.165) is 56.7 Å². The van der Waals surface area contributed by atoms with Crippen LogP contribution in [-0.2, 0) is 6.54 Å². The molecular formula is C21H29N5O2. The minimum atomic E-state index is -0.147. The van der Waals surface area contributed by atoms with E-state index in [1.807, 2.05) is 28.9 Å². The summed E-state index contributed by atoms with van der Waals surface area (Å²) in [6.07, 6.45) is 8.34. The molecule has 28 heavy (non-hydrogen) atoms. The molecule has 1 aromatic carbocycles. The summed E-state index contributed by atoms with van der Waals surface area (Å²) in [5, 5.41) is 20.1. The van der Waals surface area contributed by atoms with Crippen LogP contribution in [0.3, 0.4) is 0 Å². The van der Waals surface area contributed by atoms with Gasteiger partial charge in [-0.3, -0.25) is 10.2 Å². The largest absolute Gasteiger partial charge is 0.508 e. The number of carbonyl (C=O) groups excluding carboxylic acids is 1. The summed E-state index contributed by atoms with van der Waals surface area (Å²) < 4.78 is 1.96. The third kappa shape index (κ3) is 4.65. The molecule has 1 aromatic heterocycles. The molecule has 2 fully saturated rings. The van der Waals surface area contributed by atoms with Crippen molar-refractivity contribution in [3.05, 3.63) is 42.1 Å². The monoisotopic (exact) mass is 383 g/mol. The van der Waals surface area contributed by atoms with E-state index in [0.29, 0.717) is 11.8 Å². The van der Waals surface area contributed by atoms with Crippen LogP contribution in [0.2, 0.25) is 0 Å². The molecule has 1 saturated carbocycles. The lowest BCUT2D eigenvalue weighted by atomic mass is 10.0. The number of urea groups is 1. The Morgan fingerprint density at radius 1 is 1.14 bits per heavy atom. The molecule has 0 atom stereocenters. The van der Waals surface area contributed by atoms with E-state index in [1.165, 1.54) is 12.8 Å². The SMILES string of the molecule is O=C(Nc1ccnn1C1CCCC1)NC1CCN(Cc2cccc(O)c2)CC1. The van der Waals surface area contributed by atoms with E-state index in [-0.39, 0.29) is 12.1 Å². The number of piperidine rings is 1. The van der Waals surface area contributed by atoms with Crippen molar-refractivity contribution in [2.24, 2.45) is 0 Å². The molecular weight excluding hydrogens is 354 g/mol. The first-order chi connectivity index (χ1) is 13.7. The first-order valence-corrected chi connectivity index (χ1v) is 10.3. The Morgan fingerprint density at radius 3 is 2.68 bits per heavy atom. The Kier molecular flexibility index (Phi) is 5.81. The smallest absolute Gasteiger partial charge is 0.320 e. The molecule has 2 amide bonds. The van der Waals surface area contributed by atoms with Gasteiger partial charge in [0, 0.05) is 31.7 Å². The number of benzene rings is 1. The zero-order valence-corrected chi connectivity index (χ0v) is 16.2. The van der Waals surface area contributed by atoms with Gasteiger partial charge < -0.3 is 10.4 Å². The second-order valence-electron chi connectivity index (χ2n) is 7.92. The fourth-order valence-electron chi connectivity index (χ4n) is 4.34. The van der Waals surface area contributed by atoms with E-state index in [4.69, 9.17) is 0 Å². The van der Waals surface area contributed by atoms with Gasteiger partial charge in [0.15, 0.2) is 0 Å². The van der Waals surface area contributed by atoms with Crippen LogP contribution >= 0.6 is 0 Å². The Hall–Kier alpha value is -2.54. The molecule has 1 aliphatic heterocycles. The van der Waals surface area contributed by atoms with Gasteiger partial charge in [0.1, 0.15) is 11.6 Å². The fourth-order valence-corrected chi connectivity index (χ4v) is 4.34. The summed E-state index contributed by atoms with van der Waals surface area (Å²) in [5.74, 6) is 1.09. The predicted octanol–water partition coefficient (Wildman–Crippen LogP) is 3.49. The number of rotatable bonds is 5. The van der Waals surface area contributed by atoms with Crippen molar-refractivity contribution in [3.63, 3.8) is 0 Å². The lowest BCUT2D eigenvalue weighted by Crippen LogP contribution is -2.45. The second-order valence-corrected chi connectivity index (χ2v) is 7.92. The molecule has 2 heterocycles. The fraction of sp³-hybridized carbons (Fsp3) is 0.524. The number of phenolic OH excluding ortho intramolecular Hbond substituents is 1. The minimum absolute atomic E-state index is 0.147. The van der Waals surface area contributed by atoms with E-state index >= 15 is 0 Å². The number of aromatic nitrogens is 2. The van der Waals surface area contributed by atoms with Crippen molar-refractivity contribution in [2.45, 2.75) is 57.2 Å². The van der Waals surface area contributed by atoms with Crippen LogP contribution in [-0.4, -0.2) is 44.9 Å². The van der Waals surface area contributed by atoms with E-state index in [1.54, 1.807) is 12.3 Å². The number of anilines is 1. The number of hydrogen-bond acceptors (Lipinski definition) is 4. The Labute approximate surface area is 165 Å². The number of phenols is 1. The van der Waals surface area contributed by atoms with Gasteiger partial charge in [-0.2, -0.15) is 5.10 Å². The lowest BCUT2D eigenvalue weighted by Gasteiger charge is -2.32. The molecule has 4 rings (SSSR count). The van der Waals surface area contributed by atoms with Crippen LogP contribution in [0.25, 0.3) is 0 Å². The van der Waals surface area contributed by atoms with Gasteiger partial charge in [-0.25, -0.2) is 9.48 Å². The summed E-state index contributed by atoms with van der Waals surface area (Å²) in [7, 11) is 0. The molecule has 150 valence electrons. The highest BCUT2D eigenvalue weighted by Gasteiger charge is 2.23. The van der Waals surface area contributed by atoms with Crippen LogP contribution < -0.4 is 10.6 Å². The van der Waals surface area contributed by atoms with Gasteiger partial charge in [0.2, 0.25) is 0 Å². The zero-order valence-electron chi connectivity index (χ0n) is 16.2. The average Bonchev–Trinajstić information content (AvgIpc) is 3.35. The summed E-state index contributed by atoms with van der Waals surface area (Å²) >= 11 is 0. The van der Waals surface area contributed by atoms with Gasteiger partial charge in [0.05, 0.1) is 12.2 Å². The molecule has 7 heteroatoms. The molecule has 0 unspecified atom stereocenters. The number of aromatic hydroxyl groups is 1. The van der Waals surface area contributed by atoms with Crippen molar-refractivity contribution in [1.29, 1.82) is 0 Å². The first-order valence-electron chi connectivity index (χ1n) is 10.3. The maximum Gasteiger partial charge on any atom is 0.320 e. The first kappa shape index (κ1) is 18.8. The van der Waals surface area contributed by atoms with Crippen molar-refractivity contribution in [3.8, 4) is 5.75 Å². The van der Waals surface area contributed by atoms with Gasteiger partial charge in [0.25, 0.3) is 0 Å². The van der Waals surface area contributed by atoms with Crippen LogP contribution in [0.4, 0.5) is 10.6 Å². The number of nitrogens with zero attached hydrogens (tertiary/aromatic N) is 3. The second kappa shape index (κ2) is 8.65. The van der Waals surface area contributed by atoms with Gasteiger partial charge in [-0.15, -0.1) is 0 Å². The molecule has 0 bridgehead atoms. The molecule has 0 radical (unpaired) electrons. The lowest BCUT2D eigenvalue weighted by molar-refractivity contribution is 0.189. The maximum atomic E-state index is 12.5. The Morgan fingerprint density at radius 2 is 1.93 bits per heavy atom. The summed E-state index contributed by atoms with van der Waals surface area (Å²) in [4.78, 5) is 14.8. The molecule has 2 aromatic rings. The van der Waals surface area contributed by atoms with Crippen LogP contribution in [0, 0.1) is 0 Å². The van der Waals surface area contributed by atoms with Crippen molar-refractivity contribution < 1.29 is 9.90 Å². The molecule has 3 N–H and O–H groups in total. The molecule has 1 saturated heterocycles. The molecule has 7 nitrogen and oxygen atoms in total. The van der Waals surface area contributed by atoms with E-state index in [9.17, 15) is 9.90 Å². The third-order valence-electron chi connectivity index (χ3n) is 5.82. The average molecular weight is 383 g/mol. The highest BCUT2D eigenvalue weighted by molar-refractivity contribution is 5.88. The van der Waals surface area contributed by atoms with Gasteiger partial charge >= 0.3 is 6.03 Å². The molecule has 0 spiro atoms. The zero-order chi connectivity index (χ0) is 19.3. The van der Waals surface area contributed by atoms with Crippen molar-refractivity contribution in [1.82, 2.24) is 20.0 Å². The highest BCUT2D eigenvalue weighted by atomic mass is 16.3. The van der Waals surface area contributed by atoms with Crippen molar-refractivity contribution in [2.75, 3.05) is 18.4 Å². The Balaban J connectivity index is 1.24. The summed E-state index contributed by atoms with van der Waals surface area (Å²) in [6, 6.07) is 9.73. The number of amides is 2.